The Bertz CT molecular complexity index is 499. The Hall–Kier alpha value is -1.36. The first kappa shape index (κ1) is 14.1. The summed E-state index contributed by atoms with van der Waals surface area (Å²) in [7, 11) is 0. The fourth-order valence-corrected chi connectivity index (χ4v) is 2.58. The van der Waals surface area contributed by atoms with Crippen molar-refractivity contribution in [3.05, 3.63) is 28.7 Å². The lowest BCUT2D eigenvalue weighted by atomic mass is 9.96. The highest BCUT2D eigenvalue weighted by Gasteiger charge is 2.40. The number of hydrogen-bond donors (Lipinski definition) is 1. The van der Waals surface area contributed by atoms with Crippen LogP contribution >= 0.6 is 15.9 Å². The number of piperazine rings is 1. The van der Waals surface area contributed by atoms with Crippen LogP contribution in [-0.2, 0) is 9.59 Å². The molecule has 0 bridgehead atoms. The fourth-order valence-electron chi connectivity index (χ4n) is 2.31. The van der Waals surface area contributed by atoms with Gasteiger partial charge in [-0.1, -0.05) is 29.8 Å². The zero-order valence-electron chi connectivity index (χ0n) is 11.2. The molecule has 0 saturated carbocycles. The molecule has 1 saturated heterocycles. The summed E-state index contributed by atoms with van der Waals surface area (Å²) < 4.78 is 0.944. The Labute approximate surface area is 121 Å². The van der Waals surface area contributed by atoms with Gasteiger partial charge in [0.2, 0.25) is 11.8 Å². The number of halogens is 1. The van der Waals surface area contributed by atoms with Gasteiger partial charge in [-0.3, -0.25) is 14.5 Å². The van der Waals surface area contributed by atoms with E-state index in [0.717, 1.165) is 10.2 Å². The third kappa shape index (κ3) is 2.66. The SMILES string of the molecule is CC1NC(=O)C(C(C)C)N(c2ccc(Br)cc2)C1=O. The van der Waals surface area contributed by atoms with Crippen LogP contribution in [0.25, 0.3) is 0 Å². The quantitative estimate of drug-likeness (QED) is 0.907. The van der Waals surface area contributed by atoms with Crippen molar-refractivity contribution >= 4 is 33.4 Å². The van der Waals surface area contributed by atoms with Gasteiger partial charge in [-0.2, -0.15) is 0 Å². The maximum atomic E-state index is 12.4. The normalized spacial score (nSPS) is 23.7. The Kier molecular flexibility index (Phi) is 3.94. The zero-order chi connectivity index (χ0) is 14.2. The summed E-state index contributed by atoms with van der Waals surface area (Å²) in [5.74, 6) is -0.106. The predicted octanol–water partition coefficient (Wildman–Crippen LogP) is 2.33. The molecule has 1 aliphatic rings. The number of carbonyl (C=O) groups excluding carboxylic acids is 2. The number of nitrogens with zero attached hydrogens (tertiary/aromatic N) is 1. The van der Waals surface area contributed by atoms with Crippen LogP contribution in [0, 0.1) is 5.92 Å². The van der Waals surface area contributed by atoms with Crippen molar-refractivity contribution in [1.29, 1.82) is 0 Å². The molecule has 2 unspecified atom stereocenters. The second kappa shape index (κ2) is 5.33. The summed E-state index contributed by atoms with van der Waals surface area (Å²) in [5.41, 5.74) is 0.758. The van der Waals surface area contributed by atoms with Crippen molar-refractivity contribution in [2.45, 2.75) is 32.9 Å². The molecule has 1 N–H and O–H groups in total. The van der Waals surface area contributed by atoms with E-state index in [1.807, 2.05) is 38.1 Å². The van der Waals surface area contributed by atoms with Crippen LogP contribution in [0.1, 0.15) is 20.8 Å². The Morgan fingerprint density at radius 1 is 1.21 bits per heavy atom. The molecule has 0 aromatic heterocycles. The largest absolute Gasteiger partial charge is 0.343 e. The van der Waals surface area contributed by atoms with E-state index >= 15 is 0 Å². The molecule has 102 valence electrons. The molecule has 2 amide bonds. The maximum absolute atomic E-state index is 12.4. The van der Waals surface area contributed by atoms with Crippen molar-refractivity contribution < 1.29 is 9.59 Å². The molecule has 0 aliphatic carbocycles. The van der Waals surface area contributed by atoms with E-state index in [-0.39, 0.29) is 17.7 Å². The van der Waals surface area contributed by atoms with Crippen molar-refractivity contribution in [2.24, 2.45) is 5.92 Å². The lowest BCUT2D eigenvalue weighted by Crippen LogP contribution is -2.64. The number of amides is 2. The minimum absolute atomic E-state index is 0.0556. The molecule has 2 rings (SSSR count). The van der Waals surface area contributed by atoms with Crippen molar-refractivity contribution in [2.75, 3.05) is 4.90 Å². The number of nitrogens with one attached hydrogen (secondary N) is 1. The van der Waals surface area contributed by atoms with E-state index in [1.54, 1.807) is 11.8 Å². The van der Waals surface area contributed by atoms with Gasteiger partial charge in [-0.05, 0) is 37.1 Å². The molecular formula is C14H17BrN2O2. The van der Waals surface area contributed by atoms with E-state index in [9.17, 15) is 9.59 Å². The van der Waals surface area contributed by atoms with Crippen LogP contribution in [0.5, 0.6) is 0 Å². The Morgan fingerprint density at radius 2 is 1.79 bits per heavy atom. The first-order valence-electron chi connectivity index (χ1n) is 6.31. The van der Waals surface area contributed by atoms with Gasteiger partial charge < -0.3 is 5.32 Å². The molecule has 1 heterocycles. The van der Waals surface area contributed by atoms with Crippen LogP contribution < -0.4 is 10.2 Å². The lowest BCUT2D eigenvalue weighted by Gasteiger charge is -2.39. The van der Waals surface area contributed by atoms with Crippen molar-refractivity contribution in [3.8, 4) is 0 Å². The third-order valence-electron chi connectivity index (χ3n) is 3.25. The van der Waals surface area contributed by atoms with Gasteiger partial charge in [0.1, 0.15) is 12.1 Å². The molecule has 1 aliphatic heterocycles. The number of benzene rings is 1. The Balaban J connectivity index is 2.44. The number of hydrogen-bond acceptors (Lipinski definition) is 2. The van der Waals surface area contributed by atoms with E-state index < -0.39 is 12.1 Å². The third-order valence-corrected chi connectivity index (χ3v) is 3.78. The predicted molar refractivity (Wildman–Crippen MR) is 77.9 cm³/mol. The highest BCUT2D eigenvalue weighted by molar-refractivity contribution is 9.10. The minimum atomic E-state index is -0.480. The molecule has 19 heavy (non-hydrogen) atoms. The zero-order valence-corrected chi connectivity index (χ0v) is 12.8. The summed E-state index contributed by atoms with van der Waals surface area (Å²) in [6.45, 7) is 5.60. The average molecular weight is 325 g/mol. The van der Waals surface area contributed by atoms with Gasteiger partial charge in [0.05, 0.1) is 0 Å². The van der Waals surface area contributed by atoms with Crippen LogP contribution in [0.15, 0.2) is 28.7 Å². The van der Waals surface area contributed by atoms with Crippen molar-refractivity contribution in [1.82, 2.24) is 5.32 Å². The summed E-state index contributed by atoms with van der Waals surface area (Å²) in [5, 5.41) is 2.73. The molecule has 1 fully saturated rings. The molecule has 0 radical (unpaired) electrons. The molecule has 1 aromatic carbocycles. The van der Waals surface area contributed by atoms with Crippen LogP contribution in [-0.4, -0.2) is 23.9 Å². The van der Waals surface area contributed by atoms with Gasteiger partial charge in [0.25, 0.3) is 0 Å². The number of anilines is 1. The van der Waals surface area contributed by atoms with Gasteiger partial charge >= 0.3 is 0 Å². The van der Waals surface area contributed by atoms with Gasteiger partial charge in [0, 0.05) is 10.2 Å². The molecule has 5 heteroatoms. The van der Waals surface area contributed by atoms with E-state index in [4.69, 9.17) is 0 Å². The second-order valence-electron chi connectivity index (χ2n) is 5.10. The smallest absolute Gasteiger partial charge is 0.250 e. The molecule has 0 spiro atoms. The molecule has 1 aromatic rings. The number of rotatable bonds is 2. The van der Waals surface area contributed by atoms with Gasteiger partial charge in [0.15, 0.2) is 0 Å². The summed E-state index contributed by atoms with van der Waals surface area (Å²) >= 11 is 3.37. The first-order valence-corrected chi connectivity index (χ1v) is 7.10. The molecular weight excluding hydrogens is 308 g/mol. The van der Waals surface area contributed by atoms with E-state index in [0.29, 0.717) is 0 Å². The average Bonchev–Trinajstić information content (AvgIpc) is 2.34. The highest BCUT2D eigenvalue weighted by atomic mass is 79.9. The summed E-state index contributed by atoms with van der Waals surface area (Å²) in [6, 6.07) is 6.51. The topological polar surface area (TPSA) is 49.4 Å². The van der Waals surface area contributed by atoms with Crippen molar-refractivity contribution in [3.63, 3.8) is 0 Å². The standard InChI is InChI=1S/C14H17BrN2O2/c1-8(2)12-13(18)16-9(3)14(19)17(12)11-6-4-10(15)5-7-11/h4-9,12H,1-3H3,(H,16,18). The van der Waals surface area contributed by atoms with Crippen LogP contribution in [0.4, 0.5) is 5.69 Å². The first-order chi connectivity index (χ1) is 8.91. The second-order valence-corrected chi connectivity index (χ2v) is 6.02. The van der Waals surface area contributed by atoms with Crippen LogP contribution in [0.3, 0.4) is 0 Å². The maximum Gasteiger partial charge on any atom is 0.250 e. The van der Waals surface area contributed by atoms with Gasteiger partial charge in [-0.25, -0.2) is 0 Å². The highest BCUT2D eigenvalue weighted by Crippen LogP contribution is 2.26. The fraction of sp³-hybridized carbons (Fsp3) is 0.429. The van der Waals surface area contributed by atoms with E-state index in [2.05, 4.69) is 21.2 Å². The molecule has 2 atom stereocenters. The molecule has 4 nitrogen and oxygen atoms in total. The summed E-state index contributed by atoms with van der Waals surface area (Å²) in [6.07, 6.45) is 0. The van der Waals surface area contributed by atoms with Crippen LogP contribution in [0.2, 0.25) is 0 Å². The minimum Gasteiger partial charge on any atom is -0.343 e. The monoisotopic (exact) mass is 324 g/mol. The summed E-state index contributed by atoms with van der Waals surface area (Å²) in [4.78, 5) is 26.1. The van der Waals surface area contributed by atoms with E-state index in [1.165, 1.54) is 0 Å². The number of carbonyl (C=O) groups is 2. The Morgan fingerprint density at radius 3 is 2.32 bits per heavy atom. The van der Waals surface area contributed by atoms with Gasteiger partial charge in [-0.15, -0.1) is 0 Å². The lowest BCUT2D eigenvalue weighted by molar-refractivity contribution is -0.134.